The molecular weight excluding hydrogens is 241 g/mol. The van der Waals surface area contributed by atoms with Crippen LogP contribution in [0.15, 0.2) is 34.9 Å². The molecule has 2 aromatic rings. The Labute approximate surface area is 104 Å². The van der Waals surface area contributed by atoms with Crippen LogP contribution < -0.4 is 5.32 Å². The SMILES string of the molecule is CNC(c1cc(F)ccc1Cl)c1ccoc1C. The summed E-state index contributed by atoms with van der Waals surface area (Å²) in [4.78, 5) is 0. The van der Waals surface area contributed by atoms with Crippen molar-refractivity contribution in [3.63, 3.8) is 0 Å². The maximum absolute atomic E-state index is 13.3. The number of benzene rings is 1. The molecule has 1 aromatic heterocycles. The number of aryl methyl sites for hydroxylation is 1. The summed E-state index contributed by atoms with van der Waals surface area (Å²) >= 11 is 6.10. The van der Waals surface area contributed by atoms with Gasteiger partial charge in [0.25, 0.3) is 0 Å². The highest BCUT2D eigenvalue weighted by Crippen LogP contribution is 2.30. The molecular formula is C13H13ClFNO. The Morgan fingerprint density at radius 1 is 1.29 bits per heavy atom. The lowest BCUT2D eigenvalue weighted by molar-refractivity contribution is 0.522. The van der Waals surface area contributed by atoms with E-state index in [4.69, 9.17) is 16.0 Å². The first-order valence-electron chi connectivity index (χ1n) is 5.29. The van der Waals surface area contributed by atoms with Crippen molar-refractivity contribution in [3.05, 3.63) is 58.3 Å². The van der Waals surface area contributed by atoms with Gasteiger partial charge >= 0.3 is 0 Å². The predicted molar refractivity (Wildman–Crippen MR) is 65.8 cm³/mol. The Hall–Kier alpha value is -1.32. The van der Waals surface area contributed by atoms with Crippen molar-refractivity contribution >= 4 is 11.6 Å². The molecule has 0 aliphatic carbocycles. The van der Waals surface area contributed by atoms with Crippen molar-refractivity contribution in [2.75, 3.05) is 7.05 Å². The van der Waals surface area contributed by atoms with Gasteiger partial charge in [0.05, 0.1) is 12.3 Å². The lowest BCUT2D eigenvalue weighted by atomic mass is 9.99. The monoisotopic (exact) mass is 253 g/mol. The number of rotatable bonds is 3. The molecule has 1 atom stereocenters. The van der Waals surface area contributed by atoms with E-state index in [1.807, 2.05) is 13.0 Å². The van der Waals surface area contributed by atoms with Gasteiger partial charge in [-0.15, -0.1) is 0 Å². The third kappa shape index (κ3) is 2.35. The summed E-state index contributed by atoms with van der Waals surface area (Å²) in [5.74, 6) is 0.496. The zero-order valence-corrected chi connectivity index (χ0v) is 10.4. The fraction of sp³-hybridized carbons (Fsp3) is 0.231. The van der Waals surface area contributed by atoms with Gasteiger partial charge in [0.1, 0.15) is 11.6 Å². The van der Waals surface area contributed by atoms with Gasteiger partial charge in [-0.1, -0.05) is 11.6 Å². The molecule has 1 aromatic carbocycles. The first kappa shape index (κ1) is 12.1. The second-order valence-electron chi connectivity index (χ2n) is 3.82. The summed E-state index contributed by atoms with van der Waals surface area (Å²) in [5, 5.41) is 3.65. The van der Waals surface area contributed by atoms with Crippen LogP contribution in [0.3, 0.4) is 0 Å². The van der Waals surface area contributed by atoms with E-state index >= 15 is 0 Å². The van der Waals surface area contributed by atoms with Crippen LogP contribution in [0.1, 0.15) is 22.9 Å². The molecule has 0 aliphatic rings. The van der Waals surface area contributed by atoms with E-state index in [1.165, 1.54) is 12.1 Å². The van der Waals surface area contributed by atoms with Gasteiger partial charge < -0.3 is 9.73 Å². The number of hydrogen-bond acceptors (Lipinski definition) is 2. The van der Waals surface area contributed by atoms with Crippen molar-refractivity contribution in [2.24, 2.45) is 0 Å². The second kappa shape index (κ2) is 4.90. The van der Waals surface area contributed by atoms with Gasteiger partial charge in [0.15, 0.2) is 0 Å². The van der Waals surface area contributed by atoms with Crippen LogP contribution >= 0.6 is 11.6 Å². The highest BCUT2D eigenvalue weighted by Gasteiger charge is 2.19. The van der Waals surface area contributed by atoms with E-state index in [9.17, 15) is 4.39 Å². The minimum absolute atomic E-state index is 0.169. The lowest BCUT2D eigenvalue weighted by Crippen LogP contribution is -2.18. The lowest BCUT2D eigenvalue weighted by Gasteiger charge is -2.17. The topological polar surface area (TPSA) is 25.2 Å². The van der Waals surface area contributed by atoms with Crippen LogP contribution in [0, 0.1) is 12.7 Å². The van der Waals surface area contributed by atoms with Crippen LogP contribution in [-0.2, 0) is 0 Å². The quantitative estimate of drug-likeness (QED) is 0.903. The van der Waals surface area contributed by atoms with Gasteiger partial charge in [-0.25, -0.2) is 4.39 Å². The van der Waals surface area contributed by atoms with Crippen molar-refractivity contribution in [3.8, 4) is 0 Å². The normalized spacial score (nSPS) is 12.7. The molecule has 1 unspecified atom stereocenters. The Balaban J connectivity index is 2.49. The van der Waals surface area contributed by atoms with Crippen LogP contribution in [0.4, 0.5) is 4.39 Å². The molecule has 0 saturated carbocycles. The van der Waals surface area contributed by atoms with Crippen LogP contribution in [0.2, 0.25) is 5.02 Å². The van der Waals surface area contributed by atoms with Crippen molar-refractivity contribution in [1.29, 1.82) is 0 Å². The molecule has 4 heteroatoms. The summed E-state index contributed by atoms with van der Waals surface area (Å²) in [6.07, 6.45) is 1.61. The Bertz CT molecular complexity index is 524. The molecule has 90 valence electrons. The minimum atomic E-state index is -0.300. The predicted octanol–water partition coefficient (Wildman–Crippen LogP) is 3.69. The maximum Gasteiger partial charge on any atom is 0.123 e. The van der Waals surface area contributed by atoms with Crippen molar-refractivity contribution in [2.45, 2.75) is 13.0 Å². The van der Waals surface area contributed by atoms with Crippen LogP contribution in [0.5, 0.6) is 0 Å². The molecule has 0 saturated heterocycles. The van der Waals surface area contributed by atoms with Gasteiger partial charge in [-0.2, -0.15) is 0 Å². The summed E-state index contributed by atoms with van der Waals surface area (Å²) in [5.41, 5.74) is 1.67. The highest BCUT2D eigenvalue weighted by atomic mass is 35.5. The number of nitrogens with one attached hydrogen (secondary N) is 1. The van der Waals surface area contributed by atoms with Crippen molar-refractivity contribution < 1.29 is 8.81 Å². The van der Waals surface area contributed by atoms with E-state index < -0.39 is 0 Å². The number of furan rings is 1. The Kier molecular flexibility index (Phi) is 3.50. The molecule has 0 fully saturated rings. The highest BCUT2D eigenvalue weighted by molar-refractivity contribution is 6.31. The molecule has 17 heavy (non-hydrogen) atoms. The van der Waals surface area contributed by atoms with E-state index in [2.05, 4.69) is 5.32 Å². The molecule has 0 spiro atoms. The van der Waals surface area contributed by atoms with Crippen molar-refractivity contribution in [1.82, 2.24) is 5.32 Å². The zero-order valence-electron chi connectivity index (χ0n) is 9.63. The zero-order chi connectivity index (χ0) is 12.4. The summed E-state index contributed by atoms with van der Waals surface area (Å²) in [6, 6.07) is 6.04. The Morgan fingerprint density at radius 2 is 2.06 bits per heavy atom. The van der Waals surface area contributed by atoms with Crippen LogP contribution in [0.25, 0.3) is 0 Å². The Morgan fingerprint density at radius 3 is 2.65 bits per heavy atom. The maximum atomic E-state index is 13.3. The van der Waals surface area contributed by atoms with Gasteiger partial charge in [0.2, 0.25) is 0 Å². The summed E-state index contributed by atoms with van der Waals surface area (Å²) < 4.78 is 18.5. The fourth-order valence-electron chi connectivity index (χ4n) is 1.91. The standard InChI is InChI=1S/C13H13ClFNO/c1-8-10(5-6-17-8)13(16-2)11-7-9(15)3-4-12(11)14/h3-7,13,16H,1-2H3. The molecule has 2 nitrogen and oxygen atoms in total. The van der Waals surface area contributed by atoms with E-state index in [0.29, 0.717) is 10.6 Å². The third-order valence-electron chi connectivity index (χ3n) is 2.77. The molecule has 0 aliphatic heterocycles. The van der Waals surface area contributed by atoms with Crippen LogP contribution in [-0.4, -0.2) is 7.05 Å². The second-order valence-corrected chi connectivity index (χ2v) is 4.23. The average molecular weight is 254 g/mol. The number of hydrogen-bond donors (Lipinski definition) is 1. The van der Waals surface area contributed by atoms with Gasteiger partial charge in [0, 0.05) is 10.6 Å². The summed E-state index contributed by atoms with van der Waals surface area (Å²) in [6.45, 7) is 1.87. The van der Waals surface area contributed by atoms with E-state index in [-0.39, 0.29) is 11.9 Å². The smallest absolute Gasteiger partial charge is 0.123 e. The van der Waals surface area contributed by atoms with Gasteiger partial charge in [-0.05, 0) is 43.8 Å². The molecule has 0 amide bonds. The molecule has 2 rings (SSSR count). The molecule has 0 bridgehead atoms. The largest absolute Gasteiger partial charge is 0.469 e. The third-order valence-corrected chi connectivity index (χ3v) is 3.11. The minimum Gasteiger partial charge on any atom is -0.469 e. The first-order chi connectivity index (χ1) is 8.13. The van der Waals surface area contributed by atoms with E-state index in [0.717, 1.165) is 11.3 Å². The van der Waals surface area contributed by atoms with E-state index in [1.54, 1.807) is 19.4 Å². The number of halogens is 2. The van der Waals surface area contributed by atoms with Gasteiger partial charge in [-0.3, -0.25) is 0 Å². The average Bonchev–Trinajstić information content (AvgIpc) is 2.71. The fourth-order valence-corrected chi connectivity index (χ4v) is 2.14. The molecule has 0 radical (unpaired) electrons. The summed E-state index contributed by atoms with van der Waals surface area (Å²) in [7, 11) is 1.80. The first-order valence-corrected chi connectivity index (χ1v) is 5.67. The molecule has 1 heterocycles. The molecule has 1 N–H and O–H groups in total.